The molecule has 1 aliphatic carbocycles. The van der Waals surface area contributed by atoms with Crippen molar-refractivity contribution in [1.82, 2.24) is 10.2 Å². The van der Waals surface area contributed by atoms with E-state index in [2.05, 4.69) is 16.3 Å². The van der Waals surface area contributed by atoms with Crippen molar-refractivity contribution in [3.8, 4) is 6.07 Å². The maximum Gasteiger partial charge on any atom is 0.0866 e. The molecule has 0 spiro atoms. The van der Waals surface area contributed by atoms with Crippen LogP contribution in [0.5, 0.6) is 0 Å². The van der Waals surface area contributed by atoms with Gasteiger partial charge in [0.1, 0.15) is 0 Å². The standard InChI is InChI=1S/C10H17N3/c11-5-7-13-6-1-2-10(8-13)12-9-3-4-9/h9-10,12H,1-4,6-8H2. The quantitative estimate of drug-likeness (QED) is 0.649. The lowest BCUT2D eigenvalue weighted by atomic mass is 10.1. The number of nitrogens with one attached hydrogen (secondary N) is 1. The van der Waals surface area contributed by atoms with Gasteiger partial charge in [-0.1, -0.05) is 0 Å². The molecule has 1 aliphatic heterocycles. The van der Waals surface area contributed by atoms with Crippen molar-refractivity contribution >= 4 is 0 Å². The van der Waals surface area contributed by atoms with Crippen LogP contribution in [0.1, 0.15) is 25.7 Å². The van der Waals surface area contributed by atoms with Crippen LogP contribution in [0.15, 0.2) is 0 Å². The number of hydrogen-bond donors (Lipinski definition) is 1. The second-order valence-electron chi connectivity index (χ2n) is 4.17. The van der Waals surface area contributed by atoms with Crippen molar-refractivity contribution in [2.24, 2.45) is 0 Å². The van der Waals surface area contributed by atoms with Crippen molar-refractivity contribution in [2.45, 2.75) is 37.8 Å². The van der Waals surface area contributed by atoms with Crippen LogP contribution in [0.25, 0.3) is 0 Å². The highest BCUT2D eigenvalue weighted by Crippen LogP contribution is 2.21. The first-order valence-electron chi connectivity index (χ1n) is 5.24. The van der Waals surface area contributed by atoms with Gasteiger partial charge in [-0.3, -0.25) is 4.90 Å². The zero-order valence-electron chi connectivity index (χ0n) is 8.00. The topological polar surface area (TPSA) is 39.1 Å². The minimum atomic E-state index is 0.600. The molecule has 1 saturated heterocycles. The normalized spacial score (nSPS) is 29.9. The molecule has 1 heterocycles. The highest BCUT2D eigenvalue weighted by atomic mass is 15.2. The molecule has 2 rings (SSSR count). The van der Waals surface area contributed by atoms with Gasteiger partial charge in [0.25, 0.3) is 0 Å². The Labute approximate surface area is 79.7 Å². The van der Waals surface area contributed by atoms with Gasteiger partial charge in [0.05, 0.1) is 12.6 Å². The highest BCUT2D eigenvalue weighted by Gasteiger charge is 2.27. The zero-order valence-corrected chi connectivity index (χ0v) is 8.00. The van der Waals surface area contributed by atoms with Crippen LogP contribution in [-0.4, -0.2) is 36.6 Å². The summed E-state index contributed by atoms with van der Waals surface area (Å²) in [7, 11) is 0. The Morgan fingerprint density at radius 3 is 2.85 bits per heavy atom. The van der Waals surface area contributed by atoms with Gasteiger partial charge in [0.2, 0.25) is 0 Å². The van der Waals surface area contributed by atoms with Crippen LogP contribution in [-0.2, 0) is 0 Å². The van der Waals surface area contributed by atoms with Gasteiger partial charge in [-0.15, -0.1) is 0 Å². The lowest BCUT2D eigenvalue weighted by Gasteiger charge is -2.31. The van der Waals surface area contributed by atoms with Crippen LogP contribution in [0.2, 0.25) is 0 Å². The largest absolute Gasteiger partial charge is 0.310 e. The lowest BCUT2D eigenvalue weighted by molar-refractivity contribution is 0.209. The fraction of sp³-hybridized carbons (Fsp3) is 0.900. The van der Waals surface area contributed by atoms with Gasteiger partial charge in [-0.2, -0.15) is 5.26 Å². The van der Waals surface area contributed by atoms with Gasteiger partial charge in [0, 0.05) is 18.6 Å². The Bertz CT molecular complexity index is 205. The molecule has 0 bridgehead atoms. The van der Waals surface area contributed by atoms with Gasteiger partial charge >= 0.3 is 0 Å². The molecule has 0 aromatic rings. The average molecular weight is 179 g/mol. The minimum absolute atomic E-state index is 0.600. The first-order valence-corrected chi connectivity index (χ1v) is 5.24. The van der Waals surface area contributed by atoms with E-state index in [0.717, 1.165) is 19.1 Å². The van der Waals surface area contributed by atoms with E-state index in [1.165, 1.54) is 25.7 Å². The van der Waals surface area contributed by atoms with Gasteiger partial charge < -0.3 is 5.32 Å². The zero-order chi connectivity index (χ0) is 9.10. The molecule has 1 unspecified atom stereocenters. The molecule has 1 atom stereocenters. The number of rotatable bonds is 3. The average Bonchev–Trinajstić information content (AvgIpc) is 2.90. The van der Waals surface area contributed by atoms with E-state index < -0.39 is 0 Å². The van der Waals surface area contributed by atoms with Crippen LogP contribution in [0, 0.1) is 11.3 Å². The summed E-state index contributed by atoms with van der Waals surface area (Å²) in [5.41, 5.74) is 0. The van der Waals surface area contributed by atoms with Gasteiger partial charge in [0.15, 0.2) is 0 Å². The van der Waals surface area contributed by atoms with E-state index in [9.17, 15) is 0 Å². The Morgan fingerprint density at radius 2 is 2.15 bits per heavy atom. The number of likely N-dealkylation sites (tertiary alicyclic amines) is 1. The minimum Gasteiger partial charge on any atom is -0.310 e. The fourth-order valence-corrected chi connectivity index (χ4v) is 2.02. The number of nitriles is 1. The molecule has 2 fully saturated rings. The van der Waals surface area contributed by atoms with Crippen LogP contribution in [0.4, 0.5) is 0 Å². The highest BCUT2D eigenvalue weighted by molar-refractivity contribution is 4.89. The number of piperidine rings is 1. The second-order valence-corrected chi connectivity index (χ2v) is 4.17. The molecule has 2 aliphatic rings. The first-order chi connectivity index (χ1) is 6.38. The summed E-state index contributed by atoms with van der Waals surface area (Å²) in [6.45, 7) is 2.78. The van der Waals surface area contributed by atoms with Crippen LogP contribution >= 0.6 is 0 Å². The van der Waals surface area contributed by atoms with E-state index in [1.807, 2.05) is 0 Å². The maximum atomic E-state index is 8.59. The van der Waals surface area contributed by atoms with Crippen molar-refractivity contribution in [3.05, 3.63) is 0 Å². The summed E-state index contributed by atoms with van der Waals surface area (Å²) in [5, 5.41) is 12.2. The number of nitrogens with zero attached hydrogens (tertiary/aromatic N) is 2. The summed E-state index contributed by atoms with van der Waals surface area (Å²) >= 11 is 0. The molecule has 0 aromatic heterocycles. The Balaban J connectivity index is 1.74. The fourth-order valence-electron chi connectivity index (χ4n) is 2.02. The van der Waals surface area contributed by atoms with Crippen molar-refractivity contribution in [2.75, 3.05) is 19.6 Å². The second kappa shape index (κ2) is 4.08. The first kappa shape index (κ1) is 8.98. The van der Waals surface area contributed by atoms with Crippen LogP contribution < -0.4 is 5.32 Å². The van der Waals surface area contributed by atoms with E-state index >= 15 is 0 Å². The van der Waals surface area contributed by atoms with E-state index in [-0.39, 0.29) is 0 Å². The van der Waals surface area contributed by atoms with Crippen molar-refractivity contribution in [1.29, 1.82) is 5.26 Å². The van der Waals surface area contributed by atoms with E-state index in [0.29, 0.717) is 12.6 Å². The molecule has 0 aromatic carbocycles. The third-order valence-corrected chi connectivity index (χ3v) is 2.85. The SMILES string of the molecule is N#CCN1CCCC(NC2CC2)C1. The summed E-state index contributed by atoms with van der Waals surface area (Å²) in [6, 6.07) is 3.67. The molecule has 13 heavy (non-hydrogen) atoms. The smallest absolute Gasteiger partial charge is 0.0866 e. The summed E-state index contributed by atoms with van der Waals surface area (Å²) in [5.74, 6) is 0. The van der Waals surface area contributed by atoms with Crippen LogP contribution in [0.3, 0.4) is 0 Å². The molecular formula is C10H17N3. The Kier molecular flexibility index (Phi) is 2.82. The Hall–Kier alpha value is -0.590. The van der Waals surface area contributed by atoms with Gasteiger partial charge in [-0.05, 0) is 32.2 Å². The maximum absolute atomic E-state index is 8.59. The molecule has 3 nitrogen and oxygen atoms in total. The molecule has 72 valence electrons. The van der Waals surface area contributed by atoms with Gasteiger partial charge in [-0.25, -0.2) is 0 Å². The molecule has 0 radical (unpaired) electrons. The van der Waals surface area contributed by atoms with Crippen molar-refractivity contribution < 1.29 is 0 Å². The van der Waals surface area contributed by atoms with E-state index in [1.54, 1.807) is 0 Å². The Morgan fingerprint density at radius 1 is 1.31 bits per heavy atom. The third kappa shape index (κ3) is 2.68. The molecule has 1 N–H and O–H groups in total. The lowest BCUT2D eigenvalue weighted by Crippen LogP contribution is -2.46. The number of hydrogen-bond acceptors (Lipinski definition) is 3. The predicted molar refractivity (Wildman–Crippen MR) is 51.2 cm³/mol. The third-order valence-electron chi connectivity index (χ3n) is 2.85. The summed E-state index contributed by atoms with van der Waals surface area (Å²) in [6.07, 6.45) is 5.24. The molecular weight excluding hydrogens is 162 g/mol. The molecule has 1 saturated carbocycles. The monoisotopic (exact) mass is 179 g/mol. The summed E-state index contributed by atoms with van der Waals surface area (Å²) < 4.78 is 0. The van der Waals surface area contributed by atoms with Crippen molar-refractivity contribution in [3.63, 3.8) is 0 Å². The molecule has 3 heteroatoms. The van der Waals surface area contributed by atoms with E-state index in [4.69, 9.17) is 5.26 Å². The molecule has 0 amide bonds. The summed E-state index contributed by atoms with van der Waals surface area (Å²) in [4.78, 5) is 2.25. The predicted octanol–water partition coefficient (Wildman–Crippen LogP) is 0.726.